The van der Waals surface area contributed by atoms with Crippen molar-refractivity contribution < 1.29 is 9.47 Å². The number of hydrogen-bond acceptors (Lipinski definition) is 5. The van der Waals surface area contributed by atoms with E-state index in [0.717, 1.165) is 54.4 Å². The quantitative estimate of drug-likeness (QED) is 0.900. The summed E-state index contributed by atoms with van der Waals surface area (Å²) in [6.07, 6.45) is 1.97. The summed E-state index contributed by atoms with van der Waals surface area (Å²) >= 11 is 3.55. The fourth-order valence-electron chi connectivity index (χ4n) is 2.17. The highest BCUT2D eigenvalue weighted by molar-refractivity contribution is 9.10. The SMILES string of the molecule is CCNc1nc(C2CCOCC2)nc(COC)c1Br. The van der Waals surface area contributed by atoms with E-state index in [2.05, 4.69) is 38.1 Å². The van der Waals surface area contributed by atoms with Crippen molar-refractivity contribution in [3.05, 3.63) is 16.0 Å². The number of anilines is 1. The van der Waals surface area contributed by atoms with Gasteiger partial charge in [0.2, 0.25) is 0 Å². The van der Waals surface area contributed by atoms with Crippen LogP contribution >= 0.6 is 15.9 Å². The molecule has 1 aromatic rings. The van der Waals surface area contributed by atoms with Gasteiger partial charge in [0.05, 0.1) is 16.8 Å². The Kier molecular flexibility index (Phi) is 5.54. The Morgan fingerprint density at radius 1 is 1.37 bits per heavy atom. The molecule has 0 bridgehead atoms. The summed E-state index contributed by atoms with van der Waals surface area (Å²) in [5.74, 6) is 2.13. The van der Waals surface area contributed by atoms with Gasteiger partial charge in [0.25, 0.3) is 0 Å². The Labute approximate surface area is 122 Å². The second-order valence-corrected chi connectivity index (χ2v) is 5.33. The summed E-state index contributed by atoms with van der Waals surface area (Å²) < 4.78 is 11.5. The number of nitrogens with zero attached hydrogens (tertiary/aromatic N) is 2. The van der Waals surface area contributed by atoms with Crippen LogP contribution in [0.5, 0.6) is 0 Å². The number of hydrogen-bond donors (Lipinski definition) is 1. The third-order valence-corrected chi connectivity index (χ3v) is 3.98. The van der Waals surface area contributed by atoms with Crippen molar-refractivity contribution in [1.29, 1.82) is 0 Å². The van der Waals surface area contributed by atoms with Crippen LogP contribution in [0.25, 0.3) is 0 Å². The van der Waals surface area contributed by atoms with Gasteiger partial charge >= 0.3 is 0 Å². The predicted molar refractivity (Wildman–Crippen MR) is 77.4 cm³/mol. The van der Waals surface area contributed by atoms with E-state index >= 15 is 0 Å². The molecule has 0 radical (unpaired) electrons. The lowest BCUT2D eigenvalue weighted by Crippen LogP contribution is -2.18. The number of aromatic nitrogens is 2. The van der Waals surface area contributed by atoms with E-state index in [1.807, 2.05) is 0 Å². The number of methoxy groups -OCH3 is 1. The van der Waals surface area contributed by atoms with Gasteiger partial charge in [-0.25, -0.2) is 9.97 Å². The lowest BCUT2D eigenvalue weighted by atomic mass is 9.99. The van der Waals surface area contributed by atoms with Crippen LogP contribution in [0.3, 0.4) is 0 Å². The molecule has 1 N–H and O–H groups in total. The smallest absolute Gasteiger partial charge is 0.144 e. The fraction of sp³-hybridized carbons (Fsp3) is 0.692. The molecule has 2 heterocycles. The average Bonchev–Trinajstić information content (AvgIpc) is 2.44. The van der Waals surface area contributed by atoms with Crippen molar-refractivity contribution in [1.82, 2.24) is 9.97 Å². The molecule has 5 nitrogen and oxygen atoms in total. The van der Waals surface area contributed by atoms with Crippen LogP contribution < -0.4 is 5.32 Å². The summed E-state index contributed by atoms with van der Waals surface area (Å²) in [5, 5.41) is 3.27. The minimum atomic E-state index is 0.384. The van der Waals surface area contributed by atoms with Gasteiger partial charge < -0.3 is 14.8 Å². The zero-order chi connectivity index (χ0) is 13.7. The van der Waals surface area contributed by atoms with E-state index in [1.54, 1.807) is 7.11 Å². The van der Waals surface area contributed by atoms with Crippen LogP contribution in [-0.2, 0) is 16.1 Å². The van der Waals surface area contributed by atoms with Gasteiger partial charge in [-0.3, -0.25) is 0 Å². The Bertz CT molecular complexity index is 395. The first-order chi connectivity index (χ1) is 9.26. The second kappa shape index (κ2) is 7.17. The molecule has 0 aromatic carbocycles. The van der Waals surface area contributed by atoms with Crippen LogP contribution in [-0.4, -0.2) is 36.8 Å². The molecule has 1 aliphatic heterocycles. The molecule has 0 unspecified atom stereocenters. The van der Waals surface area contributed by atoms with Gasteiger partial charge in [-0.05, 0) is 35.7 Å². The first-order valence-electron chi connectivity index (χ1n) is 6.63. The zero-order valence-electron chi connectivity index (χ0n) is 11.4. The molecule has 1 fully saturated rings. The predicted octanol–water partition coefficient (Wildman–Crippen LogP) is 2.71. The minimum absolute atomic E-state index is 0.384. The van der Waals surface area contributed by atoms with Crippen molar-refractivity contribution in [2.75, 3.05) is 32.2 Å². The van der Waals surface area contributed by atoms with Crippen molar-refractivity contribution in [2.45, 2.75) is 32.3 Å². The molecule has 1 aliphatic rings. The monoisotopic (exact) mass is 329 g/mol. The van der Waals surface area contributed by atoms with Gasteiger partial charge in [-0.15, -0.1) is 0 Å². The molecule has 1 aromatic heterocycles. The van der Waals surface area contributed by atoms with E-state index in [0.29, 0.717) is 12.5 Å². The normalized spacial score (nSPS) is 16.6. The lowest BCUT2D eigenvalue weighted by Gasteiger charge is -2.22. The van der Waals surface area contributed by atoms with Crippen molar-refractivity contribution in [3.63, 3.8) is 0 Å². The zero-order valence-corrected chi connectivity index (χ0v) is 13.0. The Hall–Kier alpha value is -0.720. The number of halogens is 1. The molecule has 0 aliphatic carbocycles. The summed E-state index contributed by atoms with van der Waals surface area (Å²) in [4.78, 5) is 9.30. The highest BCUT2D eigenvalue weighted by atomic mass is 79.9. The maximum absolute atomic E-state index is 5.40. The number of ether oxygens (including phenoxy) is 2. The molecule has 0 saturated carbocycles. The maximum Gasteiger partial charge on any atom is 0.144 e. The molecule has 106 valence electrons. The topological polar surface area (TPSA) is 56.3 Å². The van der Waals surface area contributed by atoms with Crippen molar-refractivity contribution in [2.24, 2.45) is 0 Å². The molecular weight excluding hydrogens is 310 g/mol. The second-order valence-electron chi connectivity index (χ2n) is 4.54. The van der Waals surface area contributed by atoms with E-state index in [1.165, 1.54) is 0 Å². The first kappa shape index (κ1) is 14.7. The van der Waals surface area contributed by atoms with Crippen LogP contribution in [0, 0.1) is 0 Å². The first-order valence-corrected chi connectivity index (χ1v) is 7.42. The van der Waals surface area contributed by atoms with Crippen molar-refractivity contribution >= 4 is 21.7 Å². The lowest BCUT2D eigenvalue weighted by molar-refractivity contribution is 0.0834. The number of rotatable bonds is 5. The molecule has 0 atom stereocenters. The molecule has 1 saturated heterocycles. The molecule has 6 heteroatoms. The molecule has 19 heavy (non-hydrogen) atoms. The summed E-state index contributed by atoms with van der Waals surface area (Å²) in [7, 11) is 1.68. The molecule has 2 rings (SSSR count). The highest BCUT2D eigenvalue weighted by Crippen LogP contribution is 2.30. The Morgan fingerprint density at radius 3 is 2.74 bits per heavy atom. The van der Waals surface area contributed by atoms with Gasteiger partial charge in [0, 0.05) is 32.8 Å². The third-order valence-electron chi connectivity index (χ3n) is 3.15. The Balaban J connectivity index is 2.30. The van der Waals surface area contributed by atoms with E-state index in [9.17, 15) is 0 Å². The van der Waals surface area contributed by atoms with Gasteiger partial charge in [-0.2, -0.15) is 0 Å². The average molecular weight is 330 g/mol. The van der Waals surface area contributed by atoms with E-state index < -0.39 is 0 Å². The number of nitrogens with one attached hydrogen (secondary N) is 1. The van der Waals surface area contributed by atoms with Gasteiger partial charge in [0.15, 0.2) is 0 Å². The Morgan fingerprint density at radius 2 is 2.11 bits per heavy atom. The van der Waals surface area contributed by atoms with Crippen molar-refractivity contribution in [3.8, 4) is 0 Å². The van der Waals surface area contributed by atoms with Crippen LogP contribution in [0.1, 0.15) is 37.2 Å². The molecule has 0 spiro atoms. The van der Waals surface area contributed by atoms with Gasteiger partial charge in [0.1, 0.15) is 11.6 Å². The largest absolute Gasteiger partial charge is 0.381 e. The summed E-state index contributed by atoms with van der Waals surface area (Å²) in [5.41, 5.74) is 0.898. The van der Waals surface area contributed by atoms with E-state index in [4.69, 9.17) is 9.47 Å². The highest BCUT2D eigenvalue weighted by Gasteiger charge is 2.21. The standard InChI is InChI=1S/C13H20BrN3O2/c1-3-15-13-11(14)10(8-18-2)16-12(17-13)9-4-6-19-7-5-9/h9H,3-8H2,1-2H3,(H,15,16,17). The van der Waals surface area contributed by atoms with Crippen LogP contribution in [0.4, 0.5) is 5.82 Å². The molecule has 0 amide bonds. The summed E-state index contributed by atoms with van der Waals surface area (Å²) in [6.45, 7) is 4.95. The van der Waals surface area contributed by atoms with Crippen LogP contribution in [0.15, 0.2) is 4.47 Å². The third kappa shape index (κ3) is 3.64. The van der Waals surface area contributed by atoms with Gasteiger partial charge in [-0.1, -0.05) is 0 Å². The minimum Gasteiger partial charge on any atom is -0.381 e. The van der Waals surface area contributed by atoms with E-state index in [-0.39, 0.29) is 0 Å². The summed E-state index contributed by atoms with van der Waals surface area (Å²) in [6, 6.07) is 0. The maximum atomic E-state index is 5.40. The van der Waals surface area contributed by atoms with Crippen LogP contribution in [0.2, 0.25) is 0 Å². The molecular formula is C13H20BrN3O2. The fourth-order valence-corrected chi connectivity index (χ4v) is 2.60.